The largest absolute Gasteiger partial charge is 0.215 e. The lowest BCUT2D eigenvalue weighted by Crippen LogP contribution is -2.10. The Bertz CT molecular complexity index is 126. The van der Waals surface area contributed by atoms with Crippen LogP contribution in [0.15, 0.2) is 12.0 Å². The summed E-state index contributed by atoms with van der Waals surface area (Å²) in [6.07, 6.45) is 0. The van der Waals surface area contributed by atoms with Gasteiger partial charge in [0.05, 0.1) is 5.44 Å². The lowest BCUT2D eigenvalue weighted by molar-refractivity contribution is 0.122. The summed E-state index contributed by atoms with van der Waals surface area (Å²) in [6.45, 7) is 9.81. The monoisotopic (exact) mass is 163 g/mol. The van der Waals surface area contributed by atoms with Crippen molar-refractivity contribution in [3.05, 3.63) is 12.0 Å². The van der Waals surface area contributed by atoms with E-state index in [0.29, 0.717) is 19.1 Å². The molecule has 0 saturated carbocycles. The Hall–Kier alpha value is -0.100. The molecule has 0 aliphatic heterocycles. The number of hydrogen-bond donors (Lipinski definition) is 0. The number of rotatable bonds is 2. The highest BCUT2D eigenvalue weighted by atomic mass is 31.1. The lowest BCUT2D eigenvalue weighted by Gasteiger charge is -2.21. The second-order valence-corrected chi connectivity index (χ2v) is 5.63. The molecule has 3 heteroatoms. The van der Waals surface area contributed by atoms with Crippen LogP contribution in [0.1, 0.15) is 20.8 Å². The highest BCUT2D eigenvalue weighted by molar-refractivity contribution is 7.44. The molecule has 0 rings (SSSR count). The summed E-state index contributed by atoms with van der Waals surface area (Å²) >= 11 is 0. The van der Waals surface area contributed by atoms with Crippen molar-refractivity contribution in [3.63, 3.8) is 0 Å². The highest BCUT2D eigenvalue weighted by Gasteiger charge is 2.13. The highest BCUT2D eigenvalue weighted by Crippen LogP contribution is 2.38. The summed E-state index contributed by atoms with van der Waals surface area (Å²) in [5.74, 6) is 0. The van der Waals surface area contributed by atoms with Gasteiger partial charge in [-0.2, -0.15) is 0 Å². The molecule has 0 spiro atoms. The Balaban J connectivity index is 3.81. The van der Waals surface area contributed by atoms with Crippen LogP contribution in [0.3, 0.4) is 0 Å². The van der Waals surface area contributed by atoms with E-state index in [1.54, 1.807) is 0 Å². The molecule has 0 fully saturated rings. The van der Waals surface area contributed by atoms with Gasteiger partial charge in [0.25, 0.3) is 0 Å². The van der Waals surface area contributed by atoms with E-state index in [0.717, 1.165) is 0 Å². The topological polar surface area (TPSA) is 3.24 Å². The van der Waals surface area contributed by atoms with Gasteiger partial charge in [0.2, 0.25) is 0 Å². The quantitative estimate of drug-likeness (QED) is 0.447. The Morgan fingerprint density at radius 1 is 1.50 bits per heavy atom. The van der Waals surface area contributed by atoms with Crippen LogP contribution < -0.4 is 0 Å². The fourth-order valence-electron chi connectivity index (χ4n) is 0.510. The van der Waals surface area contributed by atoms with E-state index in [1.165, 1.54) is 7.05 Å². The summed E-state index contributed by atoms with van der Waals surface area (Å²) in [7, 11) is 1.83. The van der Waals surface area contributed by atoms with Crippen LogP contribution in [0.5, 0.6) is 0 Å². The predicted molar refractivity (Wildman–Crippen MR) is 46.1 cm³/mol. The average Bonchev–Trinajstić information content (AvgIpc) is 1.60. The van der Waals surface area contributed by atoms with Gasteiger partial charge in [-0.3, -0.25) is 0 Å². The molecule has 0 amide bonds. The number of nitrogens with zero attached hydrogens (tertiary/aromatic N) is 1. The summed E-state index contributed by atoms with van der Waals surface area (Å²) < 4.78 is 12.4. The Kier molecular flexibility index (Phi) is 3.30. The molecule has 1 nitrogen and oxygen atoms in total. The fraction of sp³-hybridized carbons (Fsp3) is 0.714. The minimum absolute atomic E-state index is 0.150. The van der Waals surface area contributed by atoms with Crippen molar-refractivity contribution in [2.24, 2.45) is 0 Å². The molecule has 0 aromatic rings. The summed E-state index contributed by atoms with van der Waals surface area (Å²) in [6, 6.07) is 0. The molecule has 10 heavy (non-hydrogen) atoms. The average molecular weight is 163 g/mol. The van der Waals surface area contributed by atoms with Gasteiger partial charge in [-0.1, -0.05) is 35.9 Å². The van der Waals surface area contributed by atoms with Crippen molar-refractivity contribution < 1.29 is 4.48 Å². The first-order chi connectivity index (χ1) is 4.33. The standard InChI is InChI=1S/C7H15FNP/c1-6(9(5)8)10-7(2,3)4/h10H,1H2,2-5H3. The molecule has 0 aliphatic rings. The summed E-state index contributed by atoms with van der Waals surface area (Å²) in [5, 5.41) is 0.737. The normalized spacial score (nSPS) is 12.5. The second-order valence-electron chi connectivity index (χ2n) is 3.30. The molecule has 0 aromatic heterocycles. The maximum Gasteiger partial charge on any atom is 0.0588 e. The first kappa shape index (κ1) is 9.90. The van der Waals surface area contributed by atoms with Crippen LogP contribution in [-0.4, -0.2) is 17.3 Å². The van der Waals surface area contributed by atoms with Crippen LogP contribution in [0.4, 0.5) is 4.48 Å². The van der Waals surface area contributed by atoms with Crippen LogP contribution >= 0.6 is 8.58 Å². The van der Waals surface area contributed by atoms with Gasteiger partial charge < -0.3 is 0 Å². The molecule has 1 unspecified atom stereocenters. The van der Waals surface area contributed by atoms with E-state index in [4.69, 9.17) is 0 Å². The molecule has 0 aliphatic carbocycles. The molecule has 0 aromatic carbocycles. The van der Waals surface area contributed by atoms with Crippen molar-refractivity contribution in [2.45, 2.75) is 25.9 Å². The van der Waals surface area contributed by atoms with Gasteiger partial charge >= 0.3 is 0 Å². The molecule has 0 bridgehead atoms. The Morgan fingerprint density at radius 3 is 2.00 bits per heavy atom. The van der Waals surface area contributed by atoms with E-state index in [1.807, 2.05) is 0 Å². The third-order valence-electron chi connectivity index (χ3n) is 0.891. The third kappa shape index (κ3) is 4.75. The van der Waals surface area contributed by atoms with Crippen molar-refractivity contribution in [2.75, 3.05) is 7.05 Å². The molecule has 0 N–H and O–H groups in total. The third-order valence-corrected chi connectivity index (χ3v) is 2.24. The summed E-state index contributed by atoms with van der Waals surface area (Å²) in [5.41, 5.74) is 0.563. The Morgan fingerprint density at radius 2 is 1.90 bits per heavy atom. The van der Waals surface area contributed by atoms with Crippen molar-refractivity contribution in [1.29, 1.82) is 0 Å². The van der Waals surface area contributed by atoms with Gasteiger partial charge in [-0.25, -0.2) is 5.12 Å². The molecule has 1 atom stereocenters. The first-order valence-corrected chi connectivity index (χ1v) is 4.19. The molecular formula is C7H15FNP. The van der Waals surface area contributed by atoms with Crippen molar-refractivity contribution in [1.82, 2.24) is 5.12 Å². The van der Waals surface area contributed by atoms with Crippen LogP contribution in [0.2, 0.25) is 0 Å². The minimum Gasteiger partial charge on any atom is -0.215 e. The number of halogens is 1. The van der Waals surface area contributed by atoms with Crippen LogP contribution in [0, 0.1) is 0 Å². The smallest absolute Gasteiger partial charge is 0.0588 e. The maximum atomic E-state index is 12.4. The zero-order valence-corrected chi connectivity index (χ0v) is 8.03. The van der Waals surface area contributed by atoms with Crippen molar-refractivity contribution >= 4 is 8.58 Å². The summed E-state index contributed by atoms with van der Waals surface area (Å²) in [4.78, 5) is 0. The molecule has 0 heterocycles. The molecule has 0 saturated heterocycles. The molecule has 0 radical (unpaired) electrons. The van der Waals surface area contributed by atoms with E-state index < -0.39 is 0 Å². The van der Waals surface area contributed by atoms with E-state index in [-0.39, 0.29) is 5.16 Å². The van der Waals surface area contributed by atoms with Gasteiger partial charge in [0.1, 0.15) is 0 Å². The second kappa shape index (κ2) is 3.34. The van der Waals surface area contributed by atoms with E-state index in [9.17, 15) is 4.48 Å². The van der Waals surface area contributed by atoms with Gasteiger partial charge in [0, 0.05) is 7.05 Å². The number of hydrogen-bond acceptors (Lipinski definition) is 1. The zero-order valence-electron chi connectivity index (χ0n) is 7.03. The van der Waals surface area contributed by atoms with Gasteiger partial charge in [-0.15, -0.1) is 4.48 Å². The van der Waals surface area contributed by atoms with Gasteiger partial charge in [-0.05, 0) is 5.16 Å². The SMILES string of the molecule is C=C(PC(C)(C)C)N(C)F. The van der Waals surface area contributed by atoms with Crippen LogP contribution in [0.25, 0.3) is 0 Å². The Labute approximate surface area is 64.0 Å². The van der Waals surface area contributed by atoms with Gasteiger partial charge in [0.15, 0.2) is 0 Å². The lowest BCUT2D eigenvalue weighted by atomic mass is 10.3. The molecule has 60 valence electrons. The predicted octanol–water partition coefficient (Wildman–Crippen LogP) is 2.75. The zero-order chi connectivity index (χ0) is 8.36. The van der Waals surface area contributed by atoms with E-state index >= 15 is 0 Å². The fourth-order valence-corrected chi connectivity index (χ4v) is 1.53. The minimum atomic E-state index is 0.150. The van der Waals surface area contributed by atoms with Crippen molar-refractivity contribution in [3.8, 4) is 0 Å². The van der Waals surface area contributed by atoms with E-state index in [2.05, 4.69) is 27.4 Å². The maximum absolute atomic E-state index is 12.4. The first-order valence-electron chi connectivity index (χ1n) is 3.19. The molecular weight excluding hydrogens is 148 g/mol. The van der Waals surface area contributed by atoms with Crippen LogP contribution in [-0.2, 0) is 0 Å².